The van der Waals surface area contributed by atoms with E-state index < -0.39 is 17.8 Å². The molecule has 2 aliphatic rings. The number of carbonyl (C=O) groups is 3. The zero-order valence-corrected chi connectivity index (χ0v) is 16.8. The first-order chi connectivity index (χ1) is 13.5. The number of carbonyl (C=O) groups excluding carboxylic acids is 3. The molecule has 1 aromatic carbocycles. The number of rotatable bonds is 3. The van der Waals surface area contributed by atoms with Crippen LogP contribution in [0.2, 0.25) is 0 Å². The molecule has 1 N–H and O–H groups in total. The van der Waals surface area contributed by atoms with Crippen LogP contribution in [-0.2, 0) is 9.59 Å². The van der Waals surface area contributed by atoms with Gasteiger partial charge in [-0.05, 0) is 55.3 Å². The Hall–Kier alpha value is -2.67. The largest absolute Gasteiger partial charge is 0.331 e. The van der Waals surface area contributed by atoms with E-state index in [1.54, 1.807) is 6.08 Å². The summed E-state index contributed by atoms with van der Waals surface area (Å²) in [5, 5.41) is 2.33. The van der Waals surface area contributed by atoms with Gasteiger partial charge in [-0.2, -0.15) is 0 Å². The van der Waals surface area contributed by atoms with Crippen molar-refractivity contribution in [2.24, 2.45) is 0 Å². The van der Waals surface area contributed by atoms with Gasteiger partial charge < -0.3 is 4.57 Å². The van der Waals surface area contributed by atoms with Crippen LogP contribution in [0.4, 0.5) is 4.79 Å². The zero-order chi connectivity index (χ0) is 19.7. The summed E-state index contributed by atoms with van der Waals surface area (Å²) in [6.07, 6.45) is 8.09. The van der Waals surface area contributed by atoms with Crippen LogP contribution in [-0.4, -0.2) is 33.4 Å². The maximum Gasteiger partial charge on any atom is 0.331 e. The van der Waals surface area contributed by atoms with Crippen LogP contribution in [0.3, 0.4) is 0 Å². The Bertz CT molecular complexity index is 956. The van der Waals surface area contributed by atoms with Crippen molar-refractivity contribution in [1.29, 1.82) is 0 Å². The number of barbiturate groups is 1. The second-order valence-electron chi connectivity index (χ2n) is 7.06. The molecule has 28 heavy (non-hydrogen) atoms. The molecule has 2 heterocycles. The van der Waals surface area contributed by atoms with Gasteiger partial charge >= 0.3 is 6.03 Å². The molecule has 2 aromatic rings. The van der Waals surface area contributed by atoms with Gasteiger partial charge in [0.1, 0.15) is 5.57 Å². The van der Waals surface area contributed by atoms with Crippen LogP contribution < -0.4 is 5.32 Å². The molecule has 2 fully saturated rings. The molecule has 1 saturated heterocycles. The maximum atomic E-state index is 13.0. The minimum atomic E-state index is -0.648. The van der Waals surface area contributed by atoms with Crippen LogP contribution in [0.5, 0.6) is 0 Å². The molecule has 0 unspecified atom stereocenters. The first-order valence-corrected chi connectivity index (χ1v) is 10.2. The lowest BCUT2D eigenvalue weighted by atomic mass is 9.93. The number of aromatic nitrogens is 1. The van der Waals surface area contributed by atoms with Gasteiger partial charge in [-0.25, -0.2) is 4.79 Å². The predicted molar refractivity (Wildman–Crippen MR) is 109 cm³/mol. The van der Waals surface area contributed by atoms with Gasteiger partial charge in [0.2, 0.25) is 0 Å². The fraction of sp³-hybridized carbons (Fsp3) is 0.286. The molecule has 1 aliphatic heterocycles. The quantitative estimate of drug-likeness (QED) is 0.576. The monoisotopic (exact) mass is 441 g/mol. The number of urea groups is 1. The Labute approximate surface area is 171 Å². The Morgan fingerprint density at radius 1 is 1.00 bits per heavy atom. The summed E-state index contributed by atoms with van der Waals surface area (Å²) in [5.74, 6) is -1.16. The van der Waals surface area contributed by atoms with Crippen molar-refractivity contribution in [2.45, 2.75) is 38.1 Å². The third kappa shape index (κ3) is 3.54. The lowest BCUT2D eigenvalue weighted by Crippen LogP contribution is -2.58. The molecule has 4 amide bonds. The van der Waals surface area contributed by atoms with Crippen LogP contribution in [0, 0.1) is 0 Å². The number of hydrogen-bond acceptors (Lipinski definition) is 3. The van der Waals surface area contributed by atoms with Crippen molar-refractivity contribution in [3.8, 4) is 5.69 Å². The summed E-state index contributed by atoms with van der Waals surface area (Å²) in [4.78, 5) is 39.0. The van der Waals surface area contributed by atoms with Crippen LogP contribution >= 0.6 is 15.9 Å². The lowest BCUT2D eigenvalue weighted by molar-refractivity contribution is -0.132. The van der Waals surface area contributed by atoms with Gasteiger partial charge in [0.05, 0.1) is 0 Å². The molecule has 7 heteroatoms. The second-order valence-corrected chi connectivity index (χ2v) is 7.98. The Morgan fingerprint density at radius 3 is 2.43 bits per heavy atom. The van der Waals surface area contributed by atoms with Gasteiger partial charge in [-0.3, -0.25) is 19.8 Å². The minimum Gasteiger partial charge on any atom is -0.317 e. The Balaban J connectivity index is 1.68. The molecule has 0 radical (unpaired) electrons. The standard InChI is InChI=1S/C21H20BrN3O3/c22-14-8-10-15(11-9-14)24-12-4-7-17(24)13-18-19(26)23-21(28)25(20(18)27)16-5-2-1-3-6-16/h4,7-13,16H,1-3,5-6H2,(H,23,26,28). The van der Waals surface area contributed by atoms with E-state index in [2.05, 4.69) is 21.2 Å². The lowest BCUT2D eigenvalue weighted by Gasteiger charge is -2.35. The van der Waals surface area contributed by atoms with Crippen LogP contribution in [0.25, 0.3) is 11.8 Å². The van der Waals surface area contributed by atoms with Gasteiger partial charge in [0.15, 0.2) is 0 Å². The first-order valence-electron chi connectivity index (χ1n) is 9.38. The van der Waals surface area contributed by atoms with E-state index >= 15 is 0 Å². The highest BCUT2D eigenvalue weighted by molar-refractivity contribution is 9.10. The number of imide groups is 2. The normalized spacial score (nSPS) is 20.0. The summed E-state index contributed by atoms with van der Waals surface area (Å²) in [6.45, 7) is 0. The van der Waals surface area contributed by atoms with Crippen molar-refractivity contribution in [3.05, 3.63) is 58.3 Å². The SMILES string of the molecule is O=C1NC(=O)N(C2CCCCC2)C(=O)C1=Cc1cccn1-c1ccc(Br)cc1. The number of halogens is 1. The summed E-state index contributed by atoms with van der Waals surface area (Å²) in [7, 11) is 0. The smallest absolute Gasteiger partial charge is 0.317 e. The van der Waals surface area contributed by atoms with E-state index in [4.69, 9.17) is 0 Å². The third-order valence-corrected chi connectivity index (χ3v) is 5.78. The molecule has 1 saturated carbocycles. The summed E-state index contributed by atoms with van der Waals surface area (Å²) in [6, 6.07) is 10.7. The zero-order valence-electron chi connectivity index (χ0n) is 15.2. The second kappa shape index (κ2) is 7.75. The van der Waals surface area contributed by atoms with Crippen LogP contribution in [0.15, 0.2) is 52.6 Å². The summed E-state index contributed by atoms with van der Waals surface area (Å²) >= 11 is 3.42. The number of amides is 4. The van der Waals surface area contributed by atoms with E-state index in [-0.39, 0.29) is 11.6 Å². The average molecular weight is 442 g/mol. The van der Waals surface area contributed by atoms with Gasteiger partial charge in [0, 0.05) is 28.1 Å². The minimum absolute atomic E-state index is 0.0118. The summed E-state index contributed by atoms with van der Waals surface area (Å²) in [5.41, 5.74) is 1.59. The molecule has 0 bridgehead atoms. The fourth-order valence-corrected chi connectivity index (χ4v) is 4.10. The molecular formula is C21H20BrN3O3. The molecule has 144 valence electrons. The summed E-state index contributed by atoms with van der Waals surface area (Å²) < 4.78 is 2.85. The number of nitrogens with zero attached hydrogens (tertiary/aromatic N) is 2. The van der Waals surface area contributed by atoms with Gasteiger partial charge in [0.25, 0.3) is 11.8 Å². The van der Waals surface area contributed by atoms with E-state index in [9.17, 15) is 14.4 Å². The van der Waals surface area contributed by atoms with Crippen molar-refractivity contribution in [3.63, 3.8) is 0 Å². The first kappa shape index (κ1) is 18.7. The van der Waals surface area contributed by atoms with Crippen molar-refractivity contribution < 1.29 is 14.4 Å². The van der Waals surface area contributed by atoms with Crippen molar-refractivity contribution in [2.75, 3.05) is 0 Å². The maximum absolute atomic E-state index is 13.0. The third-order valence-electron chi connectivity index (χ3n) is 5.25. The molecule has 0 spiro atoms. The molecule has 1 aliphatic carbocycles. The van der Waals surface area contributed by atoms with Crippen LogP contribution in [0.1, 0.15) is 37.8 Å². The number of benzene rings is 1. The van der Waals surface area contributed by atoms with E-state index in [0.717, 1.165) is 42.3 Å². The Kier molecular flexibility index (Phi) is 5.17. The predicted octanol–water partition coefficient (Wildman–Crippen LogP) is 4.03. The fourth-order valence-electron chi connectivity index (χ4n) is 3.84. The van der Waals surface area contributed by atoms with E-state index in [1.807, 2.05) is 47.2 Å². The number of hydrogen-bond donors (Lipinski definition) is 1. The number of nitrogens with one attached hydrogen (secondary N) is 1. The Morgan fingerprint density at radius 2 is 1.71 bits per heavy atom. The molecule has 6 nitrogen and oxygen atoms in total. The highest BCUT2D eigenvalue weighted by atomic mass is 79.9. The van der Waals surface area contributed by atoms with E-state index in [1.165, 1.54) is 4.90 Å². The molecular weight excluding hydrogens is 422 g/mol. The highest BCUT2D eigenvalue weighted by Crippen LogP contribution is 2.27. The highest BCUT2D eigenvalue weighted by Gasteiger charge is 2.40. The van der Waals surface area contributed by atoms with Gasteiger partial charge in [-0.15, -0.1) is 0 Å². The van der Waals surface area contributed by atoms with E-state index in [0.29, 0.717) is 5.69 Å². The topological polar surface area (TPSA) is 71.4 Å². The molecule has 1 aromatic heterocycles. The average Bonchev–Trinajstić information content (AvgIpc) is 3.15. The molecule has 0 atom stereocenters. The van der Waals surface area contributed by atoms with Crippen molar-refractivity contribution >= 4 is 39.9 Å². The van der Waals surface area contributed by atoms with Crippen molar-refractivity contribution in [1.82, 2.24) is 14.8 Å². The molecule has 4 rings (SSSR count). The van der Waals surface area contributed by atoms with Gasteiger partial charge in [-0.1, -0.05) is 35.2 Å².